The summed E-state index contributed by atoms with van der Waals surface area (Å²) in [5.41, 5.74) is 0.905. The Labute approximate surface area is 170 Å². The van der Waals surface area contributed by atoms with Crippen molar-refractivity contribution in [3.05, 3.63) is 59.7 Å². The average Bonchev–Trinajstić information content (AvgIpc) is 2.71. The Morgan fingerprint density at radius 3 is 2.34 bits per heavy atom. The molecule has 1 atom stereocenters. The number of hydrogen-bond donors (Lipinski definition) is 1. The van der Waals surface area contributed by atoms with Crippen molar-refractivity contribution < 1.29 is 27.5 Å². The molecule has 0 aliphatic carbocycles. The predicted octanol–water partition coefficient (Wildman–Crippen LogP) is 1.81. The summed E-state index contributed by atoms with van der Waals surface area (Å²) in [6.07, 6.45) is -1.05. The normalized spacial score (nSPS) is 12.3. The molecule has 1 amide bonds. The largest absolute Gasteiger partial charge is 0.495 e. The molecule has 0 aliphatic heterocycles. The second-order valence-corrected chi connectivity index (χ2v) is 8.52. The molecule has 0 radical (unpaired) electrons. The highest BCUT2D eigenvalue weighted by atomic mass is 32.2. The van der Waals surface area contributed by atoms with Crippen molar-refractivity contribution >= 4 is 21.9 Å². The van der Waals surface area contributed by atoms with Gasteiger partial charge in [0.2, 0.25) is 10.0 Å². The molecule has 29 heavy (non-hydrogen) atoms. The van der Waals surface area contributed by atoms with Crippen molar-refractivity contribution in [2.75, 3.05) is 21.2 Å². The molecule has 0 fully saturated rings. The van der Waals surface area contributed by atoms with Crippen molar-refractivity contribution in [1.29, 1.82) is 0 Å². The van der Waals surface area contributed by atoms with Gasteiger partial charge in [0, 0.05) is 20.6 Å². The molecule has 0 bridgehead atoms. The van der Waals surface area contributed by atoms with E-state index in [9.17, 15) is 18.0 Å². The van der Waals surface area contributed by atoms with E-state index < -0.39 is 28.0 Å². The summed E-state index contributed by atoms with van der Waals surface area (Å²) in [6, 6.07) is 13.2. The van der Waals surface area contributed by atoms with Crippen LogP contribution in [-0.2, 0) is 26.1 Å². The molecular formula is C20H24N2O6S. The molecule has 0 saturated heterocycles. The molecule has 0 unspecified atom stereocenters. The zero-order valence-corrected chi connectivity index (χ0v) is 17.5. The van der Waals surface area contributed by atoms with Crippen LogP contribution in [0.2, 0.25) is 0 Å². The van der Waals surface area contributed by atoms with Crippen LogP contribution in [0, 0.1) is 0 Å². The molecule has 9 heteroatoms. The summed E-state index contributed by atoms with van der Waals surface area (Å²) in [7, 11) is 0.244. The van der Waals surface area contributed by atoms with Gasteiger partial charge in [-0.25, -0.2) is 17.5 Å². The van der Waals surface area contributed by atoms with Crippen LogP contribution in [0.5, 0.6) is 5.75 Å². The third-order valence-corrected chi connectivity index (χ3v) is 5.96. The predicted molar refractivity (Wildman–Crippen MR) is 107 cm³/mol. The first-order valence-corrected chi connectivity index (χ1v) is 10.2. The molecule has 0 aromatic heterocycles. The van der Waals surface area contributed by atoms with Gasteiger partial charge in [0.05, 0.1) is 12.7 Å². The Morgan fingerprint density at radius 1 is 1.10 bits per heavy atom. The lowest BCUT2D eigenvalue weighted by molar-refractivity contribution is -0.129. The van der Waals surface area contributed by atoms with E-state index >= 15 is 0 Å². The standard InChI is InChI=1S/C20H24N2O6S/c1-14(19(23)21-13-15-8-6-5-7-9-15)28-20(24)16-10-11-17(27-4)18(12-16)29(25,26)22(2)3/h5-12,14H,13H2,1-4H3,(H,21,23)/t14-/m1/s1. The SMILES string of the molecule is COc1ccc(C(=O)O[C@H](C)C(=O)NCc2ccccc2)cc1S(=O)(=O)N(C)C. The van der Waals surface area contributed by atoms with Gasteiger partial charge in [-0.05, 0) is 30.7 Å². The third kappa shape index (κ3) is 5.55. The Morgan fingerprint density at radius 2 is 1.76 bits per heavy atom. The fraction of sp³-hybridized carbons (Fsp3) is 0.300. The molecule has 8 nitrogen and oxygen atoms in total. The minimum absolute atomic E-state index is 0.00562. The van der Waals surface area contributed by atoms with E-state index in [0.29, 0.717) is 6.54 Å². The number of sulfonamides is 1. The lowest BCUT2D eigenvalue weighted by Gasteiger charge is -2.16. The van der Waals surface area contributed by atoms with Crippen LogP contribution in [-0.4, -0.2) is 51.9 Å². The number of methoxy groups -OCH3 is 1. The summed E-state index contributed by atoms with van der Waals surface area (Å²) in [5.74, 6) is -1.18. The number of amides is 1. The van der Waals surface area contributed by atoms with Crippen LogP contribution in [0.3, 0.4) is 0 Å². The van der Waals surface area contributed by atoms with Gasteiger partial charge in [0.1, 0.15) is 10.6 Å². The summed E-state index contributed by atoms with van der Waals surface area (Å²) in [6.45, 7) is 1.74. The van der Waals surface area contributed by atoms with Gasteiger partial charge in [-0.3, -0.25) is 4.79 Å². The second-order valence-electron chi connectivity index (χ2n) is 6.40. The maximum Gasteiger partial charge on any atom is 0.338 e. The number of carbonyl (C=O) groups excluding carboxylic acids is 2. The van der Waals surface area contributed by atoms with E-state index in [1.807, 2.05) is 30.3 Å². The number of nitrogens with one attached hydrogen (secondary N) is 1. The number of nitrogens with zero attached hydrogens (tertiary/aromatic N) is 1. The number of rotatable bonds is 8. The van der Waals surface area contributed by atoms with Crippen LogP contribution in [0.4, 0.5) is 0 Å². The summed E-state index contributed by atoms with van der Waals surface area (Å²) in [5, 5.41) is 2.69. The third-order valence-electron chi connectivity index (χ3n) is 4.12. The topological polar surface area (TPSA) is 102 Å². The van der Waals surface area contributed by atoms with Gasteiger partial charge >= 0.3 is 5.97 Å². The van der Waals surface area contributed by atoms with E-state index in [1.54, 1.807) is 0 Å². The number of carbonyl (C=O) groups is 2. The molecule has 156 valence electrons. The zero-order valence-electron chi connectivity index (χ0n) is 16.7. The first kappa shape index (κ1) is 22.4. The first-order valence-electron chi connectivity index (χ1n) is 8.80. The average molecular weight is 420 g/mol. The highest BCUT2D eigenvalue weighted by Crippen LogP contribution is 2.27. The van der Waals surface area contributed by atoms with E-state index in [2.05, 4.69) is 5.32 Å². The molecule has 0 saturated carbocycles. The summed E-state index contributed by atoms with van der Waals surface area (Å²) in [4.78, 5) is 24.5. The molecule has 2 rings (SSSR count). The fourth-order valence-electron chi connectivity index (χ4n) is 2.41. The zero-order chi connectivity index (χ0) is 21.6. The van der Waals surface area contributed by atoms with Gasteiger partial charge in [0.15, 0.2) is 6.10 Å². The molecule has 2 aromatic carbocycles. The number of benzene rings is 2. The van der Waals surface area contributed by atoms with Gasteiger partial charge in [-0.2, -0.15) is 0 Å². The van der Waals surface area contributed by atoms with E-state index in [4.69, 9.17) is 9.47 Å². The lowest BCUT2D eigenvalue weighted by Crippen LogP contribution is -2.35. The number of hydrogen-bond acceptors (Lipinski definition) is 6. The first-order chi connectivity index (χ1) is 13.7. The van der Waals surface area contributed by atoms with Gasteiger partial charge in [-0.15, -0.1) is 0 Å². The fourth-order valence-corrected chi connectivity index (χ4v) is 3.49. The van der Waals surface area contributed by atoms with Crippen LogP contribution in [0.15, 0.2) is 53.4 Å². The minimum atomic E-state index is -3.84. The highest BCUT2D eigenvalue weighted by molar-refractivity contribution is 7.89. The van der Waals surface area contributed by atoms with Gasteiger partial charge in [0.25, 0.3) is 5.91 Å². The summed E-state index contributed by atoms with van der Waals surface area (Å²) < 4.78 is 36.2. The van der Waals surface area contributed by atoms with E-state index in [1.165, 1.54) is 46.3 Å². The monoisotopic (exact) mass is 420 g/mol. The maximum absolute atomic E-state index is 12.5. The van der Waals surface area contributed by atoms with Crippen molar-refractivity contribution in [3.63, 3.8) is 0 Å². The Balaban J connectivity index is 2.10. The molecule has 0 aliphatic rings. The highest BCUT2D eigenvalue weighted by Gasteiger charge is 2.25. The number of esters is 1. The molecule has 0 heterocycles. The molecule has 0 spiro atoms. The van der Waals surface area contributed by atoms with E-state index in [0.717, 1.165) is 9.87 Å². The molecular weight excluding hydrogens is 396 g/mol. The quantitative estimate of drug-likeness (QED) is 0.654. The van der Waals surface area contributed by atoms with Crippen LogP contribution in [0.25, 0.3) is 0 Å². The Bertz CT molecular complexity index is 974. The van der Waals surface area contributed by atoms with Crippen molar-refractivity contribution in [2.24, 2.45) is 0 Å². The summed E-state index contributed by atoms with van der Waals surface area (Å²) >= 11 is 0. The van der Waals surface area contributed by atoms with Crippen molar-refractivity contribution in [2.45, 2.75) is 24.5 Å². The van der Waals surface area contributed by atoms with Crippen molar-refractivity contribution in [1.82, 2.24) is 9.62 Å². The maximum atomic E-state index is 12.5. The van der Waals surface area contributed by atoms with E-state index in [-0.39, 0.29) is 16.2 Å². The minimum Gasteiger partial charge on any atom is -0.495 e. The molecule has 2 aromatic rings. The van der Waals surface area contributed by atoms with Crippen molar-refractivity contribution in [3.8, 4) is 5.75 Å². The second kappa shape index (κ2) is 9.53. The molecule has 1 N–H and O–H groups in total. The Kier molecular flexibility index (Phi) is 7.35. The van der Waals surface area contributed by atoms with Crippen LogP contribution in [0.1, 0.15) is 22.8 Å². The van der Waals surface area contributed by atoms with Gasteiger partial charge < -0.3 is 14.8 Å². The smallest absolute Gasteiger partial charge is 0.338 e. The van der Waals surface area contributed by atoms with Crippen LogP contribution >= 0.6 is 0 Å². The Hall–Kier alpha value is -2.91. The van der Waals surface area contributed by atoms with Crippen LogP contribution < -0.4 is 10.1 Å². The lowest BCUT2D eigenvalue weighted by atomic mass is 10.2. The number of ether oxygens (including phenoxy) is 2. The van der Waals surface area contributed by atoms with Gasteiger partial charge in [-0.1, -0.05) is 30.3 Å².